The number of rotatable bonds is 3. The van der Waals surface area contributed by atoms with Gasteiger partial charge in [-0.2, -0.15) is 5.26 Å². The van der Waals surface area contributed by atoms with E-state index in [1.807, 2.05) is 6.07 Å². The predicted octanol–water partition coefficient (Wildman–Crippen LogP) is 1.57. The Kier molecular flexibility index (Phi) is 3.31. The van der Waals surface area contributed by atoms with Crippen LogP contribution in [0.15, 0.2) is 30.5 Å². The molecule has 2 aromatic rings. The molecule has 0 aliphatic rings. The Bertz CT molecular complexity index is 625. The van der Waals surface area contributed by atoms with Crippen molar-refractivity contribution in [3.05, 3.63) is 36.0 Å². The highest BCUT2D eigenvalue weighted by Gasteiger charge is 2.19. The van der Waals surface area contributed by atoms with Crippen LogP contribution in [0.4, 0.5) is 0 Å². The zero-order valence-electron chi connectivity index (χ0n) is 9.83. The van der Waals surface area contributed by atoms with Gasteiger partial charge in [-0.3, -0.25) is 0 Å². The van der Waals surface area contributed by atoms with Crippen LogP contribution in [0.1, 0.15) is 18.7 Å². The first-order valence-electron chi connectivity index (χ1n) is 5.52. The van der Waals surface area contributed by atoms with Gasteiger partial charge in [0.25, 0.3) is 0 Å². The molecule has 0 saturated carbocycles. The maximum Gasteiger partial charge on any atom is 0.356 e. The van der Waals surface area contributed by atoms with Gasteiger partial charge in [-0.15, -0.1) is 0 Å². The molecule has 1 aromatic heterocycles. The molecule has 1 aromatic carbocycles. The minimum absolute atomic E-state index is 0.216. The molecule has 1 atom stereocenters. The highest BCUT2D eigenvalue weighted by molar-refractivity contribution is 5.84. The minimum Gasteiger partial charge on any atom is -0.463 e. The molecule has 2 rings (SSSR count). The number of carbonyl (C=O) groups is 1. The summed E-state index contributed by atoms with van der Waals surface area (Å²) in [6.45, 7) is 1.89. The fraction of sp³-hybridized carbons (Fsp3) is 0.231. The molecule has 0 radical (unpaired) electrons. The number of nitriles is 1. The van der Waals surface area contributed by atoms with Gasteiger partial charge in [-0.25, -0.2) is 4.79 Å². The number of hydrogen-bond donors (Lipinski definition) is 1. The normalized spacial score (nSPS) is 12.1. The molecule has 1 heterocycles. The van der Waals surface area contributed by atoms with Crippen molar-refractivity contribution < 1.29 is 14.6 Å². The molecule has 0 bridgehead atoms. The molecule has 0 aliphatic heterocycles. The van der Waals surface area contributed by atoms with Gasteiger partial charge in [0, 0.05) is 11.6 Å². The molecule has 0 saturated heterocycles. The lowest BCUT2D eigenvalue weighted by Gasteiger charge is -2.12. The number of aliphatic hydroxyl groups excluding tert-OH is 1. The molecule has 18 heavy (non-hydrogen) atoms. The van der Waals surface area contributed by atoms with Crippen molar-refractivity contribution in [3.63, 3.8) is 0 Å². The third-order valence-corrected chi connectivity index (χ3v) is 2.61. The average Bonchev–Trinajstić information content (AvgIpc) is 2.80. The number of hydrogen-bond acceptors (Lipinski definition) is 4. The second-order valence-electron chi connectivity index (χ2n) is 3.73. The van der Waals surface area contributed by atoms with Crippen LogP contribution in [0.5, 0.6) is 0 Å². The molecule has 1 unspecified atom stereocenters. The summed E-state index contributed by atoms with van der Waals surface area (Å²) in [5.41, 5.74) is 1.21. The number of aliphatic hydroxyl groups is 1. The van der Waals surface area contributed by atoms with Crippen molar-refractivity contribution in [1.29, 1.82) is 5.26 Å². The Morgan fingerprint density at radius 3 is 3.00 bits per heavy atom. The smallest absolute Gasteiger partial charge is 0.356 e. The average molecular weight is 244 g/mol. The highest BCUT2D eigenvalue weighted by atomic mass is 16.5. The van der Waals surface area contributed by atoms with Gasteiger partial charge in [0.1, 0.15) is 0 Å². The minimum atomic E-state index is -1.37. The standard InChI is InChI=1S/C13H12N2O3/c1-2-18-13(17)12(16)15-6-5-10-7-9(8-14)3-4-11(10)15/h3-7,12,16H,2H2,1H3. The number of benzene rings is 1. The molecular formula is C13H12N2O3. The summed E-state index contributed by atoms with van der Waals surface area (Å²) in [4.78, 5) is 11.5. The van der Waals surface area contributed by atoms with Crippen LogP contribution < -0.4 is 0 Å². The van der Waals surface area contributed by atoms with Crippen LogP contribution in [0.2, 0.25) is 0 Å². The van der Waals surface area contributed by atoms with E-state index in [-0.39, 0.29) is 6.61 Å². The highest BCUT2D eigenvalue weighted by Crippen LogP contribution is 2.21. The van der Waals surface area contributed by atoms with Crippen molar-refractivity contribution in [2.75, 3.05) is 6.61 Å². The summed E-state index contributed by atoms with van der Waals surface area (Å²) in [5, 5.41) is 19.4. The third-order valence-electron chi connectivity index (χ3n) is 2.61. The van der Waals surface area contributed by atoms with E-state index in [1.54, 1.807) is 37.4 Å². The second-order valence-corrected chi connectivity index (χ2v) is 3.73. The van der Waals surface area contributed by atoms with Gasteiger partial charge in [-0.05, 0) is 31.2 Å². The Morgan fingerprint density at radius 1 is 1.56 bits per heavy atom. The summed E-state index contributed by atoms with van der Waals surface area (Å²) in [7, 11) is 0. The Hall–Kier alpha value is -2.32. The monoisotopic (exact) mass is 244 g/mol. The maximum atomic E-state index is 11.5. The second kappa shape index (κ2) is 4.90. The molecule has 92 valence electrons. The van der Waals surface area contributed by atoms with Crippen molar-refractivity contribution in [2.45, 2.75) is 13.2 Å². The van der Waals surface area contributed by atoms with E-state index in [1.165, 1.54) is 4.57 Å². The number of fused-ring (bicyclic) bond motifs is 1. The molecule has 0 amide bonds. The van der Waals surface area contributed by atoms with E-state index in [0.717, 1.165) is 5.39 Å². The fourth-order valence-corrected chi connectivity index (χ4v) is 1.78. The Morgan fingerprint density at radius 2 is 2.33 bits per heavy atom. The zero-order valence-corrected chi connectivity index (χ0v) is 9.83. The molecule has 1 N–H and O–H groups in total. The van der Waals surface area contributed by atoms with E-state index in [9.17, 15) is 9.90 Å². The Labute approximate surface area is 104 Å². The lowest BCUT2D eigenvalue weighted by Crippen LogP contribution is -2.20. The Balaban J connectivity index is 2.41. The van der Waals surface area contributed by atoms with Crippen molar-refractivity contribution in [3.8, 4) is 6.07 Å². The molecular weight excluding hydrogens is 232 g/mol. The molecule has 0 spiro atoms. The SMILES string of the molecule is CCOC(=O)C(O)n1ccc2cc(C#N)ccc21. The van der Waals surface area contributed by atoms with Crippen molar-refractivity contribution >= 4 is 16.9 Å². The van der Waals surface area contributed by atoms with E-state index in [0.29, 0.717) is 11.1 Å². The number of esters is 1. The molecule has 0 aliphatic carbocycles. The zero-order chi connectivity index (χ0) is 13.1. The van der Waals surface area contributed by atoms with Crippen molar-refractivity contribution in [2.24, 2.45) is 0 Å². The van der Waals surface area contributed by atoms with Gasteiger partial charge in [0.2, 0.25) is 6.23 Å². The number of aromatic nitrogens is 1. The fourth-order valence-electron chi connectivity index (χ4n) is 1.78. The first-order valence-corrected chi connectivity index (χ1v) is 5.52. The van der Waals surface area contributed by atoms with Crippen molar-refractivity contribution in [1.82, 2.24) is 4.57 Å². The summed E-state index contributed by atoms with van der Waals surface area (Å²) < 4.78 is 6.17. The van der Waals surface area contributed by atoms with Gasteiger partial charge in [-0.1, -0.05) is 0 Å². The summed E-state index contributed by atoms with van der Waals surface area (Å²) in [5.74, 6) is -0.695. The van der Waals surface area contributed by atoms with Crippen LogP contribution in [-0.4, -0.2) is 22.2 Å². The van der Waals surface area contributed by atoms with Gasteiger partial charge >= 0.3 is 5.97 Å². The van der Waals surface area contributed by atoms with Crippen LogP contribution in [0.3, 0.4) is 0 Å². The predicted molar refractivity (Wildman–Crippen MR) is 64.5 cm³/mol. The van der Waals surface area contributed by atoms with Crippen LogP contribution in [-0.2, 0) is 9.53 Å². The van der Waals surface area contributed by atoms with Gasteiger partial charge < -0.3 is 14.4 Å². The maximum absolute atomic E-state index is 11.5. The lowest BCUT2D eigenvalue weighted by atomic mass is 10.2. The topological polar surface area (TPSA) is 75.2 Å². The van der Waals surface area contributed by atoms with Gasteiger partial charge in [0.15, 0.2) is 0 Å². The molecule has 5 heteroatoms. The summed E-state index contributed by atoms with van der Waals surface area (Å²) in [6, 6.07) is 8.80. The van der Waals surface area contributed by atoms with E-state index in [2.05, 4.69) is 0 Å². The first-order chi connectivity index (χ1) is 8.67. The lowest BCUT2D eigenvalue weighted by molar-refractivity contribution is -0.157. The van der Waals surface area contributed by atoms with Gasteiger partial charge in [0.05, 0.1) is 23.8 Å². The largest absolute Gasteiger partial charge is 0.463 e. The van der Waals surface area contributed by atoms with Crippen LogP contribution in [0, 0.1) is 11.3 Å². The summed E-state index contributed by atoms with van der Waals surface area (Å²) >= 11 is 0. The van der Waals surface area contributed by atoms with Crippen LogP contribution >= 0.6 is 0 Å². The summed E-state index contributed by atoms with van der Waals surface area (Å²) in [6.07, 6.45) is 0.225. The first kappa shape index (κ1) is 12.1. The number of ether oxygens (including phenoxy) is 1. The quantitative estimate of drug-likeness (QED) is 0.831. The third kappa shape index (κ3) is 2.06. The molecule has 5 nitrogen and oxygen atoms in total. The molecule has 0 fully saturated rings. The number of nitrogens with zero attached hydrogens (tertiary/aromatic N) is 2. The van der Waals surface area contributed by atoms with E-state index in [4.69, 9.17) is 10.00 Å². The van der Waals surface area contributed by atoms with E-state index >= 15 is 0 Å². The van der Waals surface area contributed by atoms with E-state index < -0.39 is 12.2 Å². The number of carbonyl (C=O) groups excluding carboxylic acids is 1. The van der Waals surface area contributed by atoms with Crippen LogP contribution in [0.25, 0.3) is 10.9 Å².